The summed E-state index contributed by atoms with van der Waals surface area (Å²) in [4.78, 5) is 24.7. The molecule has 5 heteroatoms. The first-order valence-electron chi connectivity index (χ1n) is 5.60. The summed E-state index contributed by atoms with van der Waals surface area (Å²) in [6.45, 7) is 5.11. The fourth-order valence-corrected chi connectivity index (χ4v) is 3.18. The average molecular weight is 225 g/mol. The van der Waals surface area contributed by atoms with Crippen LogP contribution in [-0.4, -0.2) is 40.8 Å². The van der Waals surface area contributed by atoms with Crippen molar-refractivity contribution in [3.8, 4) is 0 Å². The highest BCUT2D eigenvalue weighted by atomic mass is 16.8. The van der Waals surface area contributed by atoms with Crippen LogP contribution in [0, 0.1) is 5.92 Å². The van der Waals surface area contributed by atoms with Crippen molar-refractivity contribution in [2.24, 2.45) is 5.92 Å². The number of hydrogen-bond acceptors (Lipinski definition) is 4. The molecule has 3 rings (SSSR count). The van der Waals surface area contributed by atoms with Crippen molar-refractivity contribution in [3.63, 3.8) is 0 Å². The quantitative estimate of drug-likeness (QED) is 0.594. The fraction of sp³-hybridized carbons (Fsp3) is 0.818. The van der Waals surface area contributed by atoms with Gasteiger partial charge in [-0.05, 0) is 20.3 Å². The van der Waals surface area contributed by atoms with Gasteiger partial charge in [-0.25, -0.2) is 0 Å². The third kappa shape index (κ3) is 1.13. The molecule has 2 bridgehead atoms. The highest BCUT2D eigenvalue weighted by Crippen LogP contribution is 2.48. The minimum atomic E-state index is -0.640. The minimum absolute atomic E-state index is 0.0972. The zero-order valence-electron chi connectivity index (χ0n) is 9.60. The number of ether oxygens (including phenoxy) is 2. The van der Waals surface area contributed by atoms with Gasteiger partial charge in [0.15, 0.2) is 5.79 Å². The van der Waals surface area contributed by atoms with Gasteiger partial charge in [-0.15, -0.1) is 0 Å². The van der Waals surface area contributed by atoms with Gasteiger partial charge in [0.1, 0.15) is 12.2 Å². The molecule has 3 fully saturated rings. The molecule has 2 aliphatic heterocycles. The SMILES string of the molecule is CC(=O)N1C(=O)C2CC1C1OC(C)(C)OC21. The Hall–Kier alpha value is -0.940. The van der Waals surface area contributed by atoms with Crippen molar-refractivity contribution in [2.75, 3.05) is 0 Å². The van der Waals surface area contributed by atoms with Gasteiger partial charge < -0.3 is 9.47 Å². The van der Waals surface area contributed by atoms with Crippen molar-refractivity contribution in [3.05, 3.63) is 0 Å². The lowest BCUT2D eigenvalue weighted by Gasteiger charge is -2.30. The van der Waals surface area contributed by atoms with Gasteiger partial charge in [0.25, 0.3) is 0 Å². The molecule has 16 heavy (non-hydrogen) atoms. The van der Waals surface area contributed by atoms with E-state index in [1.807, 2.05) is 13.8 Å². The minimum Gasteiger partial charge on any atom is -0.344 e. The lowest BCUT2D eigenvalue weighted by Crippen LogP contribution is -2.52. The second kappa shape index (κ2) is 2.84. The van der Waals surface area contributed by atoms with E-state index < -0.39 is 5.79 Å². The van der Waals surface area contributed by atoms with Gasteiger partial charge in [-0.2, -0.15) is 0 Å². The van der Waals surface area contributed by atoms with Crippen LogP contribution in [-0.2, 0) is 19.1 Å². The van der Waals surface area contributed by atoms with Crippen LogP contribution in [0.3, 0.4) is 0 Å². The summed E-state index contributed by atoms with van der Waals surface area (Å²) in [5.74, 6) is -1.12. The van der Waals surface area contributed by atoms with E-state index in [4.69, 9.17) is 9.47 Å². The van der Waals surface area contributed by atoms with Crippen LogP contribution in [0.4, 0.5) is 0 Å². The maximum atomic E-state index is 11.9. The molecule has 4 unspecified atom stereocenters. The van der Waals surface area contributed by atoms with E-state index in [0.29, 0.717) is 6.42 Å². The summed E-state index contributed by atoms with van der Waals surface area (Å²) >= 11 is 0. The lowest BCUT2D eigenvalue weighted by molar-refractivity contribution is -0.157. The number of piperidine rings is 1. The van der Waals surface area contributed by atoms with E-state index in [-0.39, 0.29) is 36.0 Å². The standard InChI is InChI=1S/C11H15NO4/c1-5(13)12-7-4-6(10(12)14)8-9(7)16-11(2,3)15-8/h6-9H,4H2,1-3H3. The molecular formula is C11H15NO4. The Balaban J connectivity index is 1.92. The van der Waals surface area contributed by atoms with Crippen molar-refractivity contribution in [1.82, 2.24) is 4.90 Å². The van der Waals surface area contributed by atoms with Gasteiger partial charge in [0.2, 0.25) is 11.8 Å². The molecule has 5 nitrogen and oxygen atoms in total. The lowest BCUT2D eigenvalue weighted by atomic mass is 10.0. The molecular weight excluding hydrogens is 210 g/mol. The first-order valence-corrected chi connectivity index (χ1v) is 5.60. The predicted molar refractivity (Wildman–Crippen MR) is 53.2 cm³/mol. The van der Waals surface area contributed by atoms with Gasteiger partial charge in [-0.3, -0.25) is 14.5 Å². The number of carbonyl (C=O) groups excluding carboxylic acids is 2. The first-order chi connectivity index (χ1) is 7.41. The molecule has 2 heterocycles. The highest BCUT2D eigenvalue weighted by molar-refractivity contribution is 5.98. The summed E-state index contributed by atoms with van der Waals surface area (Å²) in [7, 11) is 0. The summed E-state index contributed by atoms with van der Waals surface area (Å²) in [6.07, 6.45) is 0.383. The monoisotopic (exact) mass is 225 g/mol. The second-order valence-electron chi connectivity index (χ2n) is 5.20. The van der Waals surface area contributed by atoms with E-state index >= 15 is 0 Å². The fourth-order valence-electron chi connectivity index (χ4n) is 3.18. The van der Waals surface area contributed by atoms with E-state index in [1.165, 1.54) is 11.8 Å². The van der Waals surface area contributed by atoms with Gasteiger partial charge >= 0.3 is 0 Å². The maximum absolute atomic E-state index is 11.9. The van der Waals surface area contributed by atoms with Gasteiger partial charge in [0.05, 0.1) is 12.0 Å². The molecule has 1 aliphatic carbocycles. The maximum Gasteiger partial charge on any atom is 0.235 e. The summed E-state index contributed by atoms with van der Waals surface area (Å²) < 4.78 is 11.5. The number of fused-ring (bicyclic) bond motifs is 5. The highest BCUT2D eigenvalue weighted by Gasteiger charge is 2.64. The zero-order chi connectivity index (χ0) is 11.7. The Morgan fingerprint density at radius 1 is 1.38 bits per heavy atom. The molecule has 0 aromatic heterocycles. The van der Waals surface area contributed by atoms with Gasteiger partial charge in [0, 0.05) is 6.92 Å². The smallest absolute Gasteiger partial charge is 0.235 e. The van der Waals surface area contributed by atoms with E-state index in [0.717, 1.165) is 0 Å². The molecule has 0 spiro atoms. The summed E-state index contributed by atoms with van der Waals surface area (Å²) in [5.41, 5.74) is 0. The average Bonchev–Trinajstić information content (AvgIpc) is 2.70. The van der Waals surface area contributed by atoms with Crippen LogP contribution < -0.4 is 0 Å². The van der Waals surface area contributed by atoms with Crippen LogP contribution in [0.15, 0.2) is 0 Å². The normalized spacial score (nSPS) is 43.9. The van der Waals surface area contributed by atoms with Crippen LogP contribution in [0.5, 0.6) is 0 Å². The number of imide groups is 1. The predicted octanol–water partition coefficient (Wildman–Crippen LogP) is 0.284. The van der Waals surface area contributed by atoms with Crippen LogP contribution >= 0.6 is 0 Å². The molecule has 1 saturated carbocycles. The van der Waals surface area contributed by atoms with E-state index in [1.54, 1.807) is 0 Å². The number of amides is 2. The van der Waals surface area contributed by atoms with E-state index in [9.17, 15) is 9.59 Å². The number of hydrogen-bond donors (Lipinski definition) is 0. The largest absolute Gasteiger partial charge is 0.344 e. The number of carbonyl (C=O) groups is 2. The van der Waals surface area contributed by atoms with Crippen LogP contribution in [0.25, 0.3) is 0 Å². The molecule has 88 valence electrons. The molecule has 4 atom stereocenters. The van der Waals surface area contributed by atoms with Crippen molar-refractivity contribution in [1.29, 1.82) is 0 Å². The van der Waals surface area contributed by atoms with Crippen molar-refractivity contribution in [2.45, 2.75) is 51.2 Å². The molecule has 0 aromatic rings. The zero-order valence-corrected chi connectivity index (χ0v) is 9.60. The Bertz CT molecular complexity index is 378. The Kier molecular flexibility index (Phi) is 1.82. The number of likely N-dealkylation sites (tertiary alicyclic amines) is 1. The van der Waals surface area contributed by atoms with Crippen LogP contribution in [0.2, 0.25) is 0 Å². The third-order valence-corrected chi connectivity index (χ3v) is 3.66. The summed E-state index contributed by atoms with van der Waals surface area (Å²) in [6, 6.07) is -0.123. The molecule has 2 amide bonds. The third-order valence-electron chi connectivity index (χ3n) is 3.66. The number of nitrogens with zero attached hydrogens (tertiary/aromatic N) is 1. The van der Waals surface area contributed by atoms with Crippen molar-refractivity contribution >= 4 is 11.8 Å². The first kappa shape index (κ1) is 10.2. The number of rotatable bonds is 0. The van der Waals surface area contributed by atoms with Crippen molar-refractivity contribution < 1.29 is 19.1 Å². The van der Waals surface area contributed by atoms with Crippen LogP contribution in [0.1, 0.15) is 27.2 Å². The summed E-state index contributed by atoms with van der Waals surface area (Å²) in [5, 5.41) is 0. The molecule has 0 radical (unpaired) electrons. The molecule has 2 saturated heterocycles. The second-order valence-corrected chi connectivity index (χ2v) is 5.20. The molecule has 0 N–H and O–H groups in total. The van der Waals surface area contributed by atoms with Gasteiger partial charge in [-0.1, -0.05) is 0 Å². The Morgan fingerprint density at radius 2 is 2.00 bits per heavy atom. The Morgan fingerprint density at radius 3 is 2.62 bits per heavy atom. The Labute approximate surface area is 93.7 Å². The van der Waals surface area contributed by atoms with E-state index in [2.05, 4.69) is 0 Å². The molecule has 0 aromatic carbocycles. The topological polar surface area (TPSA) is 55.8 Å². The molecule has 3 aliphatic rings.